The molecule has 5 nitrogen and oxygen atoms in total. The molecule has 0 bridgehead atoms. The van der Waals surface area contributed by atoms with Gasteiger partial charge in [-0.1, -0.05) is 95.9 Å². The maximum absolute atomic E-state index is 12.6. The van der Waals surface area contributed by atoms with E-state index in [4.69, 9.17) is 11.6 Å². The van der Waals surface area contributed by atoms with Crippen LogP contribution in [-0.4, -0.2) is 36.7 Å². The Morgan fingerprint density at radius 3 is 1.58 bits per heavy atom. The molecule has 10 heteroatoms. The van der Waals surface area contributed by atoms with Crippen molar-refractivity contribution in [3.05, 3.63) is 66.8 Å². The first-order valence-corrected chi connectivity index (χ1v) is 19.5. The molecule has 2 aromatic carbocycles. The van der Waals surface area contributed by atoms with Crippen LogP contribution in [0.5, 0.6) is 0 Å². The summed E-state index contributed by atoms with van der Waals surface area (Å²) in [6.45, 7) is 4.21. The molecule has 244 valence electrons. The Balaban J connectivity index is 0.000000457. The van der Waals surface area contributed by atoms with Crippen LogP contribution in [0.15, 0.2) is 48.5 Å². The highest BCUT2D eigenvalue weighted by molar-refractivity contribution is 7.87. The molecule has 0 aliphatic heterocycles. The van der Waals surface area contributed by atoms with Gasteiger partial charge >= 0.3 is 32.4 Å². The summed E-state index contributed by atoms with van der Waals surface area (Å²) in [6, 6.07) is 18.8. The highest BCUT2D eigenvalue weighted by Crippen LogP contribution is 2.22. The normalized spacial score (nSPS) is 11.6. The Hall–Kier alpha value is -1.30. The predicted molar refractivity (Wildman–Crippen MR) is 165 cm³/mol. The summed E-state index contributed by atoms with van der Waals surface area (Å²) in [6.07, 6.45) is 16.8. The van der Waals surface area contributed by atoms with E-state index in [-0.39, 0.29) is 27.8 Å². The second-order valence-electron chi connectivity index (χ2n) is 10.5. The Kier molecular flexibility index (Phi) is 21.3. The first-order chi connectivity index (χ1) is 20.5. The average molecular weight is 757 g/mol. The third kappa shape index (κ3) is 17.7. The van der Waals surface area contributed by atoms with Crippen LogP contribution in [-0.2, 0) is 32.5 Å². The van der Waals surface area contributed by atoms with Crippen molar-refractivity contribution < 1.29 is 52.5 Å². The fraction of sp³-hybridized carbons (Fsp3) is 0.606. The Morgan fingerprint density at radius 1 is 0.744 bits per heavy atom. The number of carbonyl (C=O) groups excluding carboxylic acids is 1. The number of rotatable bonds is 21. The number of esters is 1. The number of alkyl halides is 3. The largest absolute Gasteiger partial charge is 0.743 e. The lowest BCUT2D eigenvalue weighted by Gasteiger charge is -2.17. The zero-order valence-corrected chi connectivity index (χ0v) is 29.3. The van der Waals surface area contributed by atoms with Crippen LogP contribution in [0.4, 0.5) is 8.78 Å². The topological polar surface area (TPSA) is 83.5 Å². The number of unbranched alkanes of at least 4 members (excludes halogenated alkanes) is 10. The smallest absolute Gasteiger partial charge is 0.428 e. The van der Waals surface area contributed by atoms with Gasteiger partial charge in [-0.05, 0) is 73.9 Å². The SMILES string of the molecule is CCCCCCc1ccc([I+]c2ccc(CCCCCC)cc2)cc1.O=C(OCCCCCCCCl)C(F)(F)S(=O)(=O)[O-]. The molecule has 0 amide bonds. The molecule has 0 spiro atoms. The van der Waals surface area contributed by atoms with Gasteiger partial charge in [-0.25, -0.2) is 13.2 Å². The summed E-state index contributed by atoms with van der Waals surface area (Å²) >= 11 is 5.40. The van der Waals surface area contributed by atoms with Crippen molar-refractivity contribution in [2.24, 2.45) is 0 Å². The first-order valence-electron chi connectivity index (χ1n) is 15.4. The van der Waals surface area contributed by atoms with Gasteiger partial charge in [0.15, 0.2) is 17.3 Å². The van der Waals surface area contributed by atoms with E-state index in [0.717, 1.165) is 19.3 Å². The molecule has 0 unspecified atom stereocenters. The molecule has 0 heterocycles. The fourth-order valence-corrected chi connectivity index (χ4v) is 6.75. The van der Waals surface area contributed by atoms with Gasteiger partial charge in [-0.2, -0.15) is 8.78 Å². The monoisotopic (exact) mass is 756 g/mol. The predicted octanol–water partition coefficient (Wildman–Crippen LogP) is 5.92. The molecule has 2 rings (SSSR count). The molecule has 43 heavy (non-hydrogen) atoms. The van der Waals surface area contributed by atoms with Crippen LogP contribution in [0.3, 0.4) is 0 Å². The van der Waals surface area contributed by atoms with E-state index in [9.17, 15) is 26.5 Å². The molecule has 0 aliphatic carbocycles. The molecule has 0 atom stereocenters. The minimum atomic E-state index is -6.03. The molecule has 0 saturated heterocycles. The van der Waals surface area contributed by atoms with E-state index in [1.54, 1.807) is 0 Å². The Morgan fingerprint density at radius 2 is 1.16 bits per heavy atom. The summed E-state index contributed by atoms with van der Waals surface area (Å²) < 4.78 is 62.6. The average Bonchev–Trinajstić information content (AvgIpc) is 2.98. The quantitative estimate of drug-likeness (QED) is 0.0520. The van der Waals surface area contributed by atoms with E-state index in [0.29, 0.717) is 18.7 Å². The van der Waals surface area contributed by atoms with Crippen LogP contribution >= 0.6 is 11.6 Å². The van der Waals surface area contributed by atoms with Crippen LogP contribution in [0.2, 0.25) is 0 Å². The van der Waals surface area contributed by atoms with Gasteiger partial charge in [0.05, 0.1) is 6.61 Å². The van der Waals surface area contributed by atoms with Crippen molar-refractivity contribution >= 4 is 27.7 Å². The zero-order valence-electron chi connectivity index (χ0n) is 25.6. The summed E-state index contributed by atoms with van der Waals surface area (Å²) in [5.74, 6) is -1.78. The second kappa shape index (κ2) is 23.1. The summed E-state index contributed by atoms with van der Waals surface area (Å²) in [7, 11) is -6.03. The standard InChI is InChI=1S/C24H34I.C9H15ClF2O5S/c1-3-5-7-9-11-21-13-17-23(18-14-21)25-24-19-15-22(16-20-24)12-10-8-6-4-2;10-6-4-2-1-3-5-7-17-8(13)9(11,12)18(14,15)16/h13-20H,3-12H2,1-2H3;1-7H2,(H,14,15,16)/q+1;/p-1. The third-order valence-corrected chi connectivity index (χ3v) is 10.5. The van der Waals surface area contributed by atoms with Crippen LogP contribution < -0.4 is 21.2 Å². The van der Waals surface area contributed by atoms with Gasteiger partial charge in [0.1, 0.15) is 0 Å². The van der Waals surface area contributed by atoms with Gasteiger partial charge in [0.25, 0.3) is 0 Å². The number of ether oxygens (including phenoxy) is 1. The van der Waals surface area contributed by atoms with Crippen molar-refractivity contribution in [3.63, 3.8) is 0 Å². The van der Waals surface area contributed by atoms with E-state index in [1.807, 2.05) is 0 Å². The minimum Gasteiger partial charge on any atom is -0.743 e. The van der Waals surface area contributed by atoms with Gasteiger partial charge < -0.3 is 9.29 Å². The van der Waals surface area contributed by atoms with Gasteiger partial charge in [-0.15, -0.1) is 11.6 Å². The number of benzene rings is 2. The van der Waals surface area contributed by atoms with Crippen molar-refractivity contribution in [1.29, 1.82) is 0 Å². The molecule has 0 aliphatic rings. The maximum atomic E-state index is 12.6. The lowest BCUT2D eigenvalue weighted by molar-refractivity contribution is -0.597. The third-order valence-electron chi connectivity index (χ3n) is 6.75. The number of carbonyl (C=O) groups is 1. The lowest BCUT2D eigenvalue weighted by Crippen LogP contribution is -3.61. The summed E-state index contributed by atoms with van der Waals surface area (Å²) in [5.41, 5.74) is 3.01. The van der Waals surface area contributed by atoms with Crippen LogP contribution in [0.1, 0.15) is 108 Å². The Labute approximate surface area is 273 Å². The molecule has 0 saturated carbocycles. The molecule has 2 aromatic rings. The second-order valence-corrected chi connectivity index (χ2v) is 15.4. The van der Waals surface area contributed by atoms with Gasteiger partial charge in [0.2, 0.25) is 0 Å². The van der Waals surface area contributed by atoms with E-state index in [2.05, 4.69) is 67.1 Å². The minimum absolute atomic E-state index is 0.0360. The molecule has 0 fully saturated rings. The molecule has 0 aromatic heterocycles. The van der Waals surface area contributed by atoms with Crippen molar-refractivity contribution in [2.75, 3.05) is 12.5 Å². The van der Waals surface area contributed by atoms with Crippen LogP contribution in [0.25, 0.3) is 0 Å². The number of hydrogen-bond donors (Lipinski definition) is 0. The number of hydrogen-bond acceptors (Lipinski definition) is 5. The highest BCUT2D eigenvalue weighted by Gasteiger charge is 2.48. The van der Waals surface area contributed by atoms with Crippen LogP contribution in [0, 0.1) is 7.14 Å². The van der Waals surface area contributed by atoms with Gasteiger partial charge in [-0.3, -0.25) is 0 Å². The maximum Gasteiger partial charge on any atom is 0.428 e. The van der Waals surface area contributed by atoms with Gasteiger partial charge in [0, 0.05) is 5.88 Å². The fourth-order valence-electron chi connectivity index (χ4n) is 4.14. The highest BCUT2D eigenvalue weighted by atomic mass is 127. The Bertz CT molecular complexity index is 1060. The number of aryl methyl sites for hydroxylation is 2. The summed E-state index contributed by atoms with van der Waals surface area (Å²) in [4.78, 5) is 10.7. The van der Waals surface area contributed by atoms with Crippen molar-refractivity contribution in [2.45, 2.75) is 115 Å². The van der Waals surface area contributed by atoms with E-state index < -0.39 is 21.3 Å². The zero-order chi connectivity index (χ0) is 32.0. The molecule has 0 N–H and O–H groups in total. The molecule has 0 radical (unpaired) electrons. The molecular formula is C33H48ClF2IO5S. The lowest BCUT2D eigenvalue weighted by atomic mass is 10.1. The number of halogens is 4. The van der Waals surface area contributed by atoms with Crippen molar-refractivity contribution in [1.82, 2.24) is 0 Å². The van der Waals surface area contributed by atoms with E-state index in [1.165, 1.54) is 82.5 Å². The van der Waals surface area contributed by atoms with E-state index >= 15 is 0 Å². The first kappa shape index (κ1) is 39.7. The summed E-state index contributed by atoms with van der Waals surface area (Å²) in [5, 5.41) is -5.02. The van der Waals surface area contributed by atoms with Crippen molar-refractivity contribution in [3.8, 4) is 0 Å². The molecular weight excluding hydrogens is 709 g/mol.